The van der Waals surface area contributed by atoms with Crippen LogP contribution in [0.2, 0.25) is 0 Å². The van der Waals surface area contributed by atoms with Crippen LogP contribution in [0.5, 0.6) is 5.75 Å². The Balaban J connectivity index is 1.55. The third-order valence-electron chi connectivity index (χ3n) is 6.04. The quantitative estimate of drug-likeness (QED) is 0.695. The van der Waals surface area contributed by atoms with Gasteiger partial charge < -0.3 is 9.64 Å². The van der Waals surface area contributed by atoms with Crippen LogP contribution >= 0.6 is 0 Å². The van der Waals surface area contributed by atoms with Gasteiger partial charge in [0, 0.05) is 42.3 Å². The Morgan fingerprint density at radius 1 is 1.25 bits per heavy atom. The molecule has 0 aliphatic carbocycles. The molecule has 0 radical (unpaired) electrons. The summed E-state index contributed by atoms with van der Waals surface area (Å²) in [6, 6.07) is 10.4. The second-order valence-corrected chi connectivity index (χ2v) is 7.69. The number of aromatic nitrogens is 3. The second kappa shape index (κ2) is 6.62. The fraction of sp³-hybridized carbons (Fsp3) is 0.409. The molecular weight excluding hydrogens is 352 g/mol. The van der Waals surface area contributed by atoms with Crippen molar-refractivity contribution in [2.45, 2.75) is 51.1 Å². The van der Waals surface area contributed by atoms with Gasteiger partial charge in [0.05, 0.1) is 24.5 Å². The summed E-state index contributed by atoms with van der Waals surface area (Å²) in [5.74, 6) is 1.11. The predicted octanol–water partition coefficient (Wildman–Crippen LogP) is 3.79. The summed E-state index contributed by atoms with van der Waals surface area (Å²) in [6.07, 6.45) is 6.41. The molecule has 1 amide bonds. The van der Waals surface area contributed by atoms with E-state index in [4.69, 9.17) is 9.84 Å². The average Bonchev–Trinajstić information content (AvgIpc) is 3.29. The molecule has 2 aliphatic rings. The van der Waals surface area contributed by atoms with E-state index in [-0.39, 0.29) is 18.0 Å². The van der Waals surface area contributed by atoms with Crippen LogP contribution in [0, 0.1) is 0 Å². The molecule has 1 aromatic carbocycles. The maximum absolute atomic E-state index is 12.6. The Hall–Kier alpha value is -2.89. The number of hydrogen-bond acceptors (Lipinski definition) is 4. The summed E-state index contributed by atoms with van der Waals surface area (Å²) in [4.78, 5) is 19.4. The maximum Gasteiger partial charge on any atom is 0.223 e. The van der Waals surface area contributed by atoms with Gasteiger partial charge in [0.15, 0.2) is 5.65 Å². The Labute approximate surface area is 164 Å². The van der Waals surface area contributed by atoms with Crippen LogP contribution < -0.4 is 4.74 Å². The van der Waals surface area contributed by atoms with E-state index in [1.165, 1.54) is 5.69 Å². The molecule has 1 saturated heterocycles. The van der Waals surface area contributed by atoms with Crippen LogP contribution in [0.15, 0.2) is 36.5 Å². The Kier molecular flexibility index (Phi) is 4.07. The van der Waals surface area contributed by atoms with Crippen LogP contribution in [-0.2, 0) is 11.2 Å². The number of carbonyl (C=O) groups excluding carboxylic acids is 1. The highest BCUT2D eigenvalue weighted by Gasteiger charge is 2.43. The number of rotatable bonds is 4. The van der Waals surface area contributed by atoms with Gasteiger partial charge >= 0.3 is 0 Å². The maximum atomic E-state index is 12.6. The van der Waals surface area contributed by atoms with E-state index in [0.29, 0.717) is 6.42 Å². The Morgan fingerprint density at radius 3 is 2.82 bits per heavy atom. The third kappa shape index (κ3) is 2.58. The lowest BCUT2D eigenvalue weighted by atomic mass is 9.98. The number of benzene rings is 1. The first kappa shape index (κ1) is 17.2. The molecule has 144 valence electrons. The molecule has 0 unspecified atom stereocenters. The van der Waals surface area contributed by atoms with Gasteiger partial charge in [-0.25, -0.2) is 9.50 Å². The van der Waals surface area contributed by atoms with Gasteiger partial charge in [-0.2, -0.15) is 5.10 Å². The molecule has 0 saturated carbocycles. The minimum atomic E-state index is 0.151. The number of amides is 1. The lowest BCUT2D eigenvalue weighted by Crippen LogP contribution is -2.42. The molecule has 4 heterocycles. The molecule has 6 heteroatoms. The van der Waals surface area contributed by atoms with Gasteiger partial charge in [-0.1, -0.05) is 6.92 Å². The standard InChI is InChI=1S/C22H24N4O2/c1-3-4-22(27)25-15-7-10-19(25)17-13-23-21-12-18(24-26(21)20(17)11-15)14-5-8-16(28-2)9-6-14/h5-6,8-9,12-13,15,19H,3-4,7,10-11H2,1-2H3/t15-,19+/m0/s1. The molecular formula is C22H24N4O2. The topological polar surface area (TPSA) is 59.7 Å². The van der Waals surface area contributed by atoms with Gasteiger partial charge in [-0.05, 0) is 43.5 Å². The molecule has 6 nitrogen and oxygen atoms in total. The lowest BCUT2D eigenvalue weighted by molar-refractivity contribution is -0.134. The summed E-state index contributed by atoms with van der Waals surface area (Å²) in [6.45, 7) is 2.06. The van der Waals surface area contributed by atoms with Gasteiger partial charge in [0.2, 0.25) is 5.91 Å². The summed E-state index contributed by atoms with van der Waals surface area (Å²) < 4.78 is 7.23. The van der Waals surface area contributed by atoms with E-state index in [1.807, 2.05) is 41.0 Å². The van der Waals surface area contributed by atoms with Crippen LogP contribution in [-0.4, -0.2) is 38.6 Å². The third-order valence-corrected chi connectivity index (χ3v) is 6.04. The molecule has 3 aromatic rings. The summed E-state index contributed by atoms with van der Waals surface area (Å²) in [7, 11) is 1.67. The van der Waals surface area contributed by atoms with Gasteiger partial charge in [0.1, 0.15) is 5.75 Å². The van der Waals surface area contributed by atoms with Crippen molar-refractivity contribution in [2.75, 3.05) is 7.11 Å². The highest BCUT2D eigenvalue weighted by atomic mass is 16.5. The van der Waals surface area contributed by atoms with Crippen LogP contribution in [0.1, 0.15) is 49.9 Å². The first-order valence-corrected chi connectivity index (χ1v) is 10.0. The molecule has 28 heavy (non-hydrogen) atoms. The number of methoxy groups -OCH3 is 1. The molecule has 2 aromatic heterocycles. The van der Waals surface area contributed by atoms with Crippen molar-refractivity contribution in [1.29, 1.82) is 0 Å². The van der Waals surface area contributed by atoms with Crippen molar-refractivity contribution in [3.8, 4) is 17.0 Å². The van der Waals surface area contributed by atoms with E-state index in [9.17, 15) is 4.79 Å². The molecule has 1 fully saturated rings. The van der Waals surface area contributed by atoms with Gasteiger partial charge in [0.25, 0.3) is 0 Å². The first-order valence-electron chi connectivity index (χ1n) is 10.0. The number of nitrogens with zero attached hydrogens (tertiary/aromatic N) is 4. The van der Waals surface area contributed by atoms with E-state index >= 15 is 0 Å². The minimum absolute atomic E-state index is 0.151. The summed E-state index contributed by atoms with van der Waals surface area (Å²) in [5, 5.41) is 4.86. The first-order chi connectivity index (χ1) is 13.7. The van der Waals surface area contributed by atoms with Crippen LogP contribution in [0.25, 0.3) is 16.9 Å². The molecule has 0 N–H and O–H groups in total. The Bertz CT molecular complexity index is 1040. The lowest BCUT2D eigenvalue weighted by Gasteiger charge is -2.36. The van der Waals surface area contributed by atoms with Crippen molar-refractivity contribution in [1.82, 2.24) is 19.5 Å². The zero-order chi connectivity index (χ0) is 19.3. The minimum Gasteiger partial charge on any atom is -0.497 e. The van der Waals surface area contributed by atoms with E-state index in [1.54, 1.807) is 7.11 Å². The molecule has 0 spiro atoms. The second-order valence-electron chi connectivity index (χ2n) is 7.69. The van der Waals surface area contributed by atoms with Gasteiger partial charge in [-0.15, -0.1) is 0 Å². The van der Waals surface area contributed by atoms with Crippen molar-refractivity contribution in [2.24, 2.45) is 0 Å². The SMILES string of the molecule is CCCC(=O)N1[C@H]2CC[C@@H]1c1cnc3cc(-c4ccc(OC)cc4)nn3c1C2. The molecule has 2 atom stereocenters. The number of hydrogen-bond donors (Lipinski definition) is 0. The van der Waals surface area contributed by atoms with Crippen LogP contribution in [0.4, 0.5) is 0 Å². The Morgan fingerprint density at radius 2 is 2.07 bits per heavy atom. The fourth-order valence-electron chi connectivity index (χ4n) is 4.71. The van der Waals surface area contributed by atoms with Crippen molar-refractivity contribution in [3.63, 3.8) is 0 Å². The smallest absolute Gasteiger partial charge is 0.223 e. The summed E-state index contributed by atoms with van der Waals surface area (Å²) in [5.41, 5.74) is 5.17. The normalized spacial score (nSPS) is 20.4. The molecule has 2 bridgehead atoms. The predicted molar refractivity (Wildman–Crippen MR) is 106 cm³/mol. The largest absolute Gasteiger partial charge is 0.497 e. The van der Waals surface area contributed by atoms with Crippen molar-refractivity contribution in [3.05, 3.63) is 47.8 Å². The number of ether oxygens (including phenoxy) is 1. The van der Waals surface area contributed by atoms with Crippen molar-refractivity contribution >= 4 is 11.6 Å². The van der Waals surface area contributed by atoms with E-state index < -0.39 is 0 Å². The van der Waals surface area contributed by atoms with E-state index in [0.717, 1.165) is 53.9 Å². The highest BCUT2D eigenvalue weighted by molar-refractivity contribution is 5.78. The highest BCUT2D eigenvalue weighted by Crippen LogP contribution is 2.44. The fourth-order valence-corrected chi connectivity index (χ4v) is 4.71. The molecule has 2 aliphatic heterocycles. The number of fused-ring (bicyclic) bond motifs is 6. The van der Waals surface area contributed by atoms with Crippen molar-refractivity contribution < 1.29 is 9.53 Å². The zero-order valence-electron chi connectivity index (χ0n) is 16.3. The molecule has 5 rings (SSSR count). The van der Waals surface area contributed by atoms with Gasteiger partial charge in [-0.3, -0.25) is 4.79 Å². The van der Waals surface area contributed by atoms with E-state index in [2.05, 4.69) is 16.8 Å². The van der Waals surface area contributed by atoms with Crippen LogP contribution in [0.3, 0.4) is 0 Å². The number of carbonyl (C=O) groups is 1. The average molecular weight is 376 g/mol. The monoisotopic (exact) mass is 376 g/mol. The zero-order valence-corrected chi connectivity index (χ0v) is 16.3. The summed E-state index contributed by atoms with van der Waals surface area (Å²) >= 11 is 0.